The number of phenols is 1. The van der Waals surface area contributed by atoms with Crippen LogP contribution in [0, 0.1) is 0 Å². The summed E-state index contributed by atoms with van der Waals surface area (Å²) in [6.07, 6.45) is 0. The van der Waals surface area contributed by atoms with Crippen LogP contribution in [0.3, 0.4) is 0 Å². The molecule has 0 aliphatic carbocycles. The van der Waals surface area contributed by atoms with Crippen molar-refractivity contribution in [1.29, 1.82) is 0 Å². The van der Waals surface area contributed by atoms with Gasteiger partial charge < -0.3 is 14.3 Å². The lowest BCUT2D eigenvalue weighted by Crippen LogP contribution is -1.82. The SMILES string of the molecule is Oc1ccc(-c2cc3cc(Oc4ccc(Cl)cc4)ccc3o2)cc1. The van der Waals surface area contributed by atoms with Crippen LogP contribution in [0.2, 0.25) is 5.02 Å². The van der Waals surface area contributed by atoms with Crippen molar-refractivity contribution in [3.8, 4) is 28.6 Å². The molecular formula is C20H13ClO3. The van der Waals surface area contributed by atoms with E-state index in [9.17, 15) is 5.11 Å². The van der Waals surface area contributed by atoms with Gasteiger partial charge in [0.15, 0.2) is 0 Å². The van der Waals surface area contributed by atoms with E-state index in [1.165, 1.54) is 0 Å². The smallest absolute Gasteiger partial charge is 0.135 e. The number of phenolic OH excluding ortho intramolecular Hbond substituents is 1. The molecule has 1 aromatic heterocycles. The molecule has 3 nitrogen and oxygen atoms in total. The van der Waals surface area contributed by atoms with Crippen molar-refractivity contribution in [2.24, 2.45) is 0 Å². The number of rotatable bonds is 3. The number of hydrogen-bond acceptors (Lipinski definition) is 3. The Morgan fingerprint density at radius 1 is 0.792 bits per heavy atom. The fourth-order valence-electron chi connectivity index (χ4n) is 2.49. The quantitative estimate of drug-likeness (QED) is 0.480. The summed E-state index contributed by atoms with van der Waals surface area (Å²) in [7, 11) is 0. The first-order valence-electron chi connectivity index (χ1n) is 7.44. The van der Waals surface area contributed by atoms with E-state index in [4.69, 9.17) is 20.8 Å². The minimum Gasteiger partial charge on any atom is -0.508 e. The Bertz CT molecular complexity index is 986. The van der Waals surface area contributed by atoms with Gasteiger partial charge in [0.2, 0.25) is 0 Å². The van der Waals surface area contributed by atoms with Crippen molar-refractivity contribution in [3.63, 3.8) is 0 Å². The first kappa shape index (κ1) is 14.7. The normalized spacial score (nSPS) is 10.9. The Morgan fingerprint density at radius 2 is 1.50 bits per heavy atom. The highest BCUT2D eigenvalue weighted by atomic mass is 35.5. The molecule has 0 fully saturated rings. The van der Waals surface area contributed by atoms with Gasteiger partial charge in [0.1, 0.15) is 28.6 Å². The Labute approximate surface area is 143 Å². The molecule has 4 rings (SSSR count). The number of aromatic hydroxyl groups is 1. The summed E-state index contributed by atoms with van der Waals surface area (Å²) in [6, 6.07) is 21.8. The van der Waals surface area contributed by atoms with Gasteiger partial charge in [0.05, 0.1) is 0 Å². The lowest BCUT2D eigenvalue weighted by atomic mass is 10.1. The van der Waals surface area contributed by atoms with Gasteiger partial charge in [-0.25, -0.2) is 0 Å². The minimum absolute atomic E-state index is 0.230. The molecule has 24 heavy (non-hydrogen) atoms. The summed E-state index contributed by atoms with van der Waals surface area (Å²) < 4.78 is 11.7. The summed E-state index contributed by atoms with van der Waals surface area (Å²) >= 11 is 5.88. The summed E-state index contributed by atoms with van der Waals surface area (Å²) in [6.45, 7) is 0. The maximum Gasteiger partial charge on any atom is 0.135 e. The van der Waals surface area contributed by atoms with Crippen molar-refractivity contribution < 1.29 is 14.3 Å². The second kappa shape index (κ2) is 5.95. The number of fused-ring (bicyclic) bond motifs is 1. The number of halogens is 1. The lowest BCUT2D eigenvalue weighted by molar-refractivity contribution is 0.475. The topological polar surface area (TPSA) is 42.6 Å². The summed E-state index contributed by atoms with van der Waals surface area (Å²) in [5.41, 5.74) is 1.69. The third kappa shape index (κ3) is 2.94. The van der Waals surface area contributed by atoms with E-state index in [2.05, 4.69) is 0 Å². The molecule has 0 amide bonds. The van der Waals surface area contributed by atoms with Crippen molar-refractivity contribution in [3.05, 3.63) is 77.8 Å². The van der Waals surface area contributed by atoms with Crippen LogP contribution in [0.15, 0.2) is 77.2 Å². The monoisotopic (exact) mass is 336 g/mol. The fourth-order valence-corrected chi connectivity index (χ4v) is 2.62. The Kier molecular flexibility index (Phi) is 3.63. The predicted molar refractivity (Wildman–Crippen MR) is 94.8 cm³/mol. The van der Waals surface area contributed by atoms with Crippen LogP contribution in [0.25, 0.3) is 22.3 Å². The molecule has 0 saturated carbocycles. The molecule has 118 valence electrons. The van der Waals surface area contributed by atoms with Crippen LogP contribution < -0.4 is 4.74 Å². The van der Waals surface area contributed by atoms with E-state index in [1.807, 2.05) is 48.5 Å². The van der Waals surface area contributed by atoms with Crippen LogP contribution in [0.4, 0.5) is 0 Å². The molecule has 0 unspecified atom stereocenters. The van der Waals surface area contributed by atoms with E-state index in [1.54, 1.807) is 24.3 Å². The predicted octanol–water partition coefficient (Wildman–Crippen LogP) is 6.25. The fraction of sp³-hybridized carbons (Fsp3) is 0. The Balaban J connectivity index is 1.65. The molecule has 0 atom stereocenters. The highest BCUT2D eigenvalue weighted by Crippen LogP contribution is 2.32. The van der Waals surface area contributed by atoms with Crippen LogP contribution in [0.1, 0.15) is 0 Å². The van der Waals surface area contributed by atoms with Gasteiger partial charge in [-0.1, -0.05) is 11.6 Å². The van der Waals surface area contributed by atoms with Crippen molar-refractivity contribution in [1.82, 2.24) is 0 Å². The number of hydrogen-bond donors (Lipinski definition) is 1. The zero-order valence-corrected chi connectivity index (χ0v) is 13.3. The van der Waals surface area contributed by atoms with Gasteiger partial charge in [0, 0.05) is 16.0 Å². The van der Waals surface area contributed by atoms with E-state index < -0.39 is 0 Å². The number of furan rings is 1. The average molecular weight is 337 g/mol. The molecule has 1 N–H and O–H groups in total. The Morgan fingerprint density at radius 3 is 2.25 bits per heavy atom. The van der Waals surface area contributed by atoms with E-state index in [-0.39, 0.29) is 5.75 Å². The zero-order valence-electron chi connectivity index (χ0n) is 12.6. The van der Waals surface area contributed by atoms with Crippen LogP contribution >= 0.6 is 11.6 Å². The highest BCUT2D eigenvalue weighted by Gasteiger charge is 2.08. The maximum absolute atomic E-state index is 9.38. The van der Waals surface area contributed by atoms with Gasteiger partial charge in [-0.15, -0.1) is 0 Å². The van der Waals surface area contributed by atoms with Crippen LogP contribution in [-0.4, -0.2) is 5.11 Å². The van der Waals surface area contributed by atoms with Gasteiger partial charge in [-0.2, -0.15) is 0 Å². The van der Waals surface area contributed by atoms with Crippen molar-refractivity contribution in [2.75, 3.05) is 0 Å². The summed E-state index contributed by atoms with van der Waals surface area (Å²) in [5, 5.41) is 11.0. The third-order valence-corrected chi connectivity index (χ3v) is 3.94. The number of benzene rings is 3. The van der Waals surface area contributed by atoms with Gasteiger partial charge >= 0.3 is 0 Å². The molecule has 0 radical (unpaired) electrons. The minimum atomic E-state index is 0.230. The molecule has 0 spiro atoms. The summed E-state index contributed by atoms with van der Waals surface area (Å²) in [5.74, 6) is 2.42. The average Bonchev–Trinajstić information content (AvgIpc) is 3.01. The molecule has 4 aromatic rings. The van der Waals surface area contributed by atoms with Crippen LogP contribution in [-0.2, 0) is 0 Å². The molecule has 0 bridgehead atoms. The van der Waals surface area contributed by atoms with Crippen molar-refractivity contribution >= 4 is 22.6 Å². The molecule has 0 saturated heterocycles. The molecule has 1 heterocycles. The van der Waals surface area contributed by atoms with E-state index in [0.717, 1.165) is 33.8 Å². The maximum atomic E-state index is 9.38. The summed E-state index contributed by atoms with van der Waals surface area (Å²) in [4.78, 5) is 0. The first-order chi connectivity index (χ1) is 11.7. The molecule has 4 heteroatoms. The Hall–Kier alpha value is -2.91. The highest BCUT2D eigenvalue weighted by molar-refractivity contribution is 6.30. The molecular weight excluding hydrogens is 324 g/mol. The van der Waals surface area contributed by atoms with E-state index in [0.29, 0.717) is 5.02 Å². The van der Waals surface area contributed by atoms with Gasteiger partial charge in [-0.05, 0) is 72.8 Å². The molecule has 0 aliphatic heterocycles. The second-order valence-electron chi connectivity index (χ2n) is 5.41. The number of ether oxygens (including phenoxy) is 1. The van der Waals surface area contributed by atoms with Crippen LogP contribution in [0.5, 0.6) is 17.2 Å². The zero-order chi connectivity index (χ0) is 16.5. The lowest BCUT2D eigenvalue weighted by Gasteiger charge is -2.05. The standard InChI is InChI=1S/C20H13ClO3/c21-15-3-7-17(8-4-15)23-18-9-10-19-14(11-18)12-20(24-19)13-1-5-16(22)6-2-13/h1-12,22H. The van der Waals surface area contributed by atoms with E-state index >= 15 is 0 Å². The molecule has 3 aromatic carbocycles. The van der Waals surface area contributed by atoms with Gasteiger partial charge in [-0.3, -0.25) is 0 Å². The first-order valence-corrected chi connectivity index (χ1v) is 7.82. The third-order valence-electron chi connectivity index (χ3n) is 3.69. The van der Waals surface area contributed by atoms with Gasteiger partial charge in [0.25, 0.3) is 0 Å². The second-order valence-corrected chi connectivity index (χ2v) is 5.85. The largest absolute Gasteiger partial charge is 0.508 e. The molecule has 0 aliphatic rings. The van der Waals surface area contributed by atoms with Crippen molar-refractivity contribution in [2.45, 2.75) is 0 Å².